The zero-order chi connectivity index (χ0) is 11.5. The summed E-state index contributed by atoms with van der Waals surface area (Å²) in [6.07, 6.45) is 3.80. The van der Waals surface area contributed by atoms with Gasteiger partial charge in [-0.25, -0.2) is 4.98 Å². The molecule has 0 radical (unpaired) electrons. The topological polar surface area (TPSA) is 41.3 Å². The molecule has 0 unspecified atom stereocenters. The number of nitrogens with zero attached hydrogens (tertiary/aromatic N) is 3. The molecule has 1 aromatic rings. The fraction of sp³-hybridized carbons (Fsp3) is 0.727. The van der Waals surface area contributed by atoms with Crippen molar-refractivity contribution >= 4 is 0 Å². The molecule has 1 aromatic heterocycles. The molecule has 0 spiro atoms. The minimum atomic E-state index is -0.204. The molecule has 0 amide bonds. The number of imidazole rings is 1. The summed E-state index contributed by atoms with van der Waals surface area (Å²) in [5.74, 6) is 1.04. The predicted octanol–water partition coefficient (Wildman–Crippen LogP) is 1.11. The van der Waals surface area contributed by atoms with Crippen LogP contribution in [0.2, 0.25) is 0 Å². The van der Waals surface area contributed by atoms with Gasteiger partial charge in [-0.2, -0.15) is 0 Å². The lowest BCUT2D eigenvalue weighted by Crippen LogP contribution is -2.44. The third-order valence-corrected chi connectivity index (χ3v) is 2.94. The Morgan fingerprint density at radius 2 is 2.20 bits per heavy atom. The highest BCUT2D eigenvalue weighted by Crippen LogP contribution is 2.14. The summed E-state index contributed by atoms with van der Waals surface area (Å²) in [6.45, 7) is 7.98. The van der Waals surface area contributed by atoms with E-state index in [9.17, 15) is 5.11 Å². The van der Waals surface area contributed by atoms with Crippen molar-refractivity contribution in [3.05, 3.63) is 18.2 Å². The lowest BCUT2D eigenvalue weighted by atomic mass is 10.1. The normalized spacial score (nSPS) is 12.4. The van der Waals surface area contributed by atoms with Crippen LogP contribution in [0.3, 0.4) is 0 Å². The molecule has 1 heterocycles. The van der Waals surface area contributed by atoms with Gasteiger partial charge in [0.15, 0.2) is 0 Å². The Kier molecular flexibility index (Phi) is 3.88. The van der Waals surface area contributed by atoms with E-state index in [0.717, 1.165) is 18.9 Å². The molecule has 4 nitrogen and oxygen atoms in total. The molecule has 0 bridgehead atoms. The molecule has 0 saturated heterocycles. The van der Waals surface area contributed by atoms with E-state index in [-0.39, 0.29) is 12.1 Å². The van der Waals surface area contributed by atoms with Crippen LogP contribution < -0.4 is 0 Å². The first-order chi connectivity index (χ1) is 7.01. The van der Waals surface area contributed by atoms with Crippen molar-refractivity contribution in [2.75, 3.05) is 13.7 Å². The van der Waals surface area contributed by atoms with Gasteiger partial charge >= 0.3 is 0 Å². The van der Waals surface area contributed by atoms with Crippen LogP contribution in [0.5, 0.6) is 0 Å². The molecule has 0 fully saturated rings. The van der Waals surface area contributed by atoms with Gasteiger partial charge in [-0.3, -0.25) is 4.90 Å². The molecule has 86 valence electrons. The van der Waals surface area contributed by atoms with E-state index >= 15 is 0 Å². The van der Waals surface area contributed by atoms with Crippen LogP contribution >= 0.6 is 0 Å². The largest absolute Gasteiger partial charge is 0.394 e. The Bertz CT molecular complexity index is 307. The lowest BCUT2D eigenvalue weighted by Gasteiger charge is -2.33. The summed E-state index contributed by atoms with van der Waals surface area (Å²) in [5.41, 5.74) is -0.204. The van der Waals surface area contributed by atoms with Gasteiger partial charge in [0.2, 0.25) is 0 Å². The highest BCUT2D eigenvalue weighted by molar-refractivity contribution is 4.93. The average Bonchev–Trinajstić information content (AvgIpc) is 2.65. The average molecular weight is 211 g/mol. The molecule has 1 rings (SSSR count). The van der Waals surface area contributed by atoms with Gasteiger partial charge in [0.25, 0.3) is 0 Å². The highest BCUT2D eigenvalue weighted by Gasteiger charge is 2.23. The molecule has 15 heavy (non-hydrogen) atoms. The van der Waals surface area contributed by atoms with Crippen LogP contribution in [0.15, 0.2) is 12.4 Å². The van der Waals surface area contributed by atoms with Crippen LogP contribution in [0.4, 0.5) is 0 Å². The minimum absolute atomic E-state index is 0.149. The Morgan fingerprint density at radius 3 is 2.73 bits per heavy atom. The molecule has 0 aromatic carbocycles. The van der Waals surface area contributed by atoms with E-state index in [1.807, 2.05) is 33.3 Å². The summed E-state index contributed by atoms with van der Waals surface area (Å²) in [6, 6.07) is 0. The number of aliphatic hydroxyl groups is 1. The Balaban J connectivity index is 2.70. The monoisotopic (exact) mass is 211 g/mol. The second-order valence-electron chi connectivity index (χ2n) is 4.46. The van der Waals surface area contributed by atoms with Gasteiger partial charge in [-0.15, -0.1) is 0 Å². The first-order valence-electron chi connectivity index (χ1n) is 5.33. The number of rotatable bonds is 5. The molecule has 1 N–H and O–H groups in total. The fourth-order valence-corrected chi connectivity index (χ4v) is 1.33. The summed E-state index contributed by atoms with van der Waals surface area (Å²) in [4.78, 5) is 6.43. The first kappa shape index (κ1) is 12.2. The maximum absolute atomic E-state index is 9.25. The number of aromatic nitrogens is 2. The fourth-order valence-electron chi connectivity index (χ4n) is 1.33. The van der Waals surface area contributed by atoms with Gasteiger partial charge < -0.3 is 9.67 Å². The molecule has 0 saturated carbocycles. The second-order valence-corrected chi connectivity index (χ2v) is 4.46. The number of aliphatic hydroxyl groups excluding tert-OH is 1. The molecular formula is C11H21N3O. The molecular weight excluding hydrogens is 190 g/mol. The van der Waals surface area contributed by atoms with Crippen molar-refractivity contribution in [3.63, 3.8) is 0 Å². The lowest BCUT2D eigenvalue weighted by molar-refractivity contribution is 0.0706. The van der Waals surface area contributed by atoms with Gasteiger partial charge in [0, 0.05) is 24.5 Å². The minimum Gasteiger partial charge on any atom is -0.394 e. The zero-order valence-corrected chi connectivity index (χ0v) is 10.1. The maximum atomic E-state index is 9.25. The quantitative estimate of drug-likeness (QED) is 0.793. The van der Waals surface area contributed by atoms with E-state index < -0.39 is 0 Å². The number of hydrogen-bond donors (Lipinski definition) is 1. The van der Waals surface area contributed by atoms with Crippen molar-refractivity contribution in [2.24, 2.45) is 0 Å². The van der Waals surface area contributed by atoms with Crippen LogP contribution in [-0.2, 0) is 13.1 Å². The third kappa shape index (κ3) is 2.79. The number of aryl methyl sites for hydroxylation is 1. The van der Waals surface area contributed by atoms with Crippen LogP contribution in [-0.4, -0.2) is 38.8 Å². The van der Waals surface area contributed by atoms with Crippen molar-refractivity contribution in [1.29, 1.82) is 0 Å². The number of hydrogen-bond acceptors (Lipinski definition) is 3. The van der Waals surface area contributed by atoms with Crippen LogP contribution in [0, 0.1) is 0 Å². The number of likely N-dealkylation sites (N-methyl/N-ethyl adjacent to an activating group) is 1. The van der Waals surface area contributed by atoms with Gasteiger partial charge in [-0.05, 0) is 27.8 Å². The maximum Gasteiger partial charge on any atom is 0.122 e. The molecule has 0 aliphatic carbocycles. The summed E-state index contributed by atoms with van der Waals surface area (Å²) >= 11 is 0. The molecule has 0 aliphatic rings. The summed E-state index contributed by atoms with van der Waals surface area (Å²) < 4.78 is 2.12. The Hall–Kier alpha value is -0.870. The Labute approximate surface area is 91.5 Å². The molecule has 0 atom stereocenters. The predicted molar refractivity (Wildman–Crippen MR) is 60.5 cm³/mol. The standard InChI is InChI=1S/C11H21N3O/c1-5-14-7-6-12-10(14)8-13(4)11(2,3)9-15/h6-7,15H,5,8-9H2,1-4H3. The molecule has 4 heteroatoms. The zero-order valence-electron chi connectivity index (χ0n) is 10.1. The highest BCUT2D eigenvalue weighted by atomic mass is 16.3. The second kappa shape index (κ2) is 4.77. The smallest absolute Gasteiger partial charge is 0.122 e. The van der Waals surface area contributed by atoms with Crippen molar-refractivity contribution in [3.8, 4) is 0 Å². The Morgan fingerprint density at radius 1 is 1.53 bits per heavy atom. The van der Waals surface area contributed by atoms with E-state index in [0.29, 0.717) is 0 Å². The van der Waals surface area contributed by atoms with Crippen molar-refractivity contribution in [2.45, 2.75) is 39.4 Å². The van der Waals surface area contributed by atoms with Crippen molar-refractivity contribution < 1.29 is 5.11 Å². The van der Waals surface area contributed by atoms with E-state index in [2.05, 4.69) is 21.4 Å². The summed E-state index contributed by atoms with van der Waals surface area (Å²) in [7, 11) is 2.00. The summed E-state index contributed by atoms with van der Waals surface area (Å²) in [5, 5.41) is 9.25. The molecule has 0 aliphatic heterocycles. The van der Waals surface area contributed by atoms with E-state index in [1.165, 1.54) is 0 Å². The SMILES string of the molecule is CCn1ccnc1CN(C)C(C)(C)CO. The third-order valence-electron chi connectivity index (χ3n) is 2.94. The first-order valence-corrected chi connectivity index (χ1v) is 5.33. The van der Waals surface area contributed by atoms with E-state index in [4.69, 9.17) is 0 Å². The van der Waals surface area contributed by atoms with Crippen molar-refractivity contribution in [1.82, 2.24) is 14.5 Å². The van der Waals surface area contributed by atoms with E-state index in [1.54, 1.807) is 0 Å². The van der Waals surface area contributed by atoms with Gasteiger partial charge in [-0.1, -0.05) is 0 Å². The van der Waals surface area contributed by atoms with Gasteiger partial charge in [0.1, 0.15) is 5.82 Å². The van der Waals surface area contributed by atoms with Crippen LogP contribution in [0.1, 0.15) is 26.6 Å². The van der Waals surface area contributed by atoms with Crippen LogP contribution in [0.25, 0.3) is 0 Å². The van der Waals surface area contributed by atoms with Gasteiger partial charge in [0.05, 0.1) is 13.2 Å².